The third-order valence-corrected chi connectivity index (χ3v) is 1.45. The maximum Gasteiger partial charge on any atom is 0.320 e. The van der Waals surface area contributed by atoms with Crippen LogP contribution in [0.2, 0.25) is 0 Å². The molecule has 0 rings (SSSR count). The summed E-state index contributed by atoms with van der Waals surface area (Å²) in [6.07, 6.45) is 0.333. The lowest BCUT2D eigenvalue weighted by atomic mass is 10.1. The number of nitrogens with two attached hydrogens (primary N) is 1. The zero-order valence-electron chi connectivity index (χ0n) is 7.91. The van der Waals surface area contributed by atoms with E-state index in [-0.39, 0.29) is 24.8 Å². The predicted molar refractivity (Wildman–Crippen MR) is 48.1 cm³/mol. The van der Waals surface area contributed by atoms with Crippen LogP contribution in [-0.4, -0.2) is 29.1 Å². The fourth-order valence-corrected chi connectivity index (χ4v) is 0.804. The monoisotopic (exact) mass is 188 g/mol. The Kier molecular flexibility index (Phi) is 5.06. The Bertz CT molecular complexity index is 192. The molecule has 0 aromatic heterocycles. The molecule has 0 heterocycles. The van der Waals surface area contributed by atoms with Crippen molar-refractivity contribution in [3.8, 4) is 0 Å². The summed E-state index contributed by atoms with van der Waals surface area (Å²) in [6, 6.07) is -0.869. The van der Waals surface area contributed by atoms with Crippen molar-refractivity contribution in [3.05, 3.63) is 0 Å². The van der Waals surface area contributed by atoms with Gasteiger partial charge in [-0.15, -0.1) is 0 Å². The van der Waals surface area contributed by atoms with E-state index in [1.54, 1.807) is 0 Å². The number of carboxylic acid groups (broad SMARTS) is 1. The minimum absolute atomic E-state index is 0.0774. The molecule has 0 spiro atoms. The number of carbonyl (C=O) groups is 2. The van der Waals surface area contributed by atoms with Gasteiger partial charge in [-0.1, -0.05) is 0 Å². The lowest BCUT2D eigenvalue weighted by Crippen LogP contribution is -2.34. The summed E-state index contributed by atoms with van der Waals surface area (Å²) in [7, 11) is 0. The number of carbonyl (C=O) groups excluding carboxylic acids is 1. The third kappa shape index (κ3) is 6.10. The van der Waals surface area contributed by atoms with E-state index >= 15 is 0 Å². The molecule has 0 bridgehead atoms. The van der Waals surface area contributed by atoms with Crippen molar-refractivity contribution in [2.45, 2.75) is 38.8 Å². The molecule has 76 valence electrons. The van der Waals surface area contributed by atoms with E-state index in [0.29, 0.717) is 0 Å². The first-order valence-corrected chi connectivity index (χ1v) is 4.21. The van der Waals surface area contributed by atoms with Crippen LogP contribution in [-0.2, 0) is 9.59 Å². The molecule has 0 saturated carbocycles. The predicted octanol–water partition coefficient (Wildman–Crippen LogP) is -0.297. The SMILES string of the molecule is CC(C)NC(=O)CCC(N)C(=O)O. The topological polar surface area (TPSA) is 92.4 Å². The number of carboxylic acids is 1. The Morgan fingerprint density at radius 2 is 2.00 bits per heavy atom. The molecule has 1 atom stereocenters. The lowest BCUT2D eigenvalue weighted by molar-refractivity contribution is -0.138. The first kappa shape index (κ1) is 11.9. The minimum atomic E-state index is -1.07. The zero-order valence-corrected chi connectivity index (χ0v) is 7.91. The van der Waals surface area contributed by atoms with Gasteiger partial charge in [-0.25, -0.2) is 0 Å². The molecule has 5 heteroatoms. The lowest BCUT2D eigenvalue weighted by Gasteiger charge is -2.09. The molecule has 1 amide bonds. The summed E-state index contributed by atoms with van der Waals surface area (Å²) in [5.41, 5.74) is 5.22. The second-order valence-corrected chi connectivity index (χ2v) is 3.21. The van der Waals surface area contributed by atoms with E-state index in [1.807, 2.05) is 13.8 Å². The van der Waals surface area contributed by atoms with Gasteiger partial charge in [0.15, 0.2) is 0 Å². The van der Waals surface area contributed by atoms with Gasteiger partial charge in [0.1, 0.15) is 6.04 Å². The van der Waals surface area contributed by atoms with Gasteiger partial charge in [-0.3, -0.25) is 9.59 Å². The zero-order chi connectivity index (χ0) is 10.4. The number of rotatable bonds is 5. The molecule has 1 unspecified atom stereocenters. The van der Waals surface area contributed by atoms with Crippen LogP contribution in [0.4, 0.5) is 0 Å². The van der Waals surface area contributed by atoms with Crippen molar-refractivity contribution < 1.29 is 14.7 Å². The highest BCUT2D eigenvalue weighted by atomic mass is 16.4. The van der Waals surface area contributed by atoms with Crippen LogP contribution in [0.3, 0.4) is 0 Å². The van der Waals surface area contributed by atoms with Crippen LogP contribution < -0.4 is 11.1 Å². The van der Waals surface area contributed by atoms with Crippen LogP contribution in [0.15, 0.2) is 0 Å². The van der Waals surface area contributed by atoms with Crippen LogP contribution in [0.1, 0.15) is 26.7 Å². The molecule has 13 heavy (non-hydrogen) atoms. The maximum absolute atomic E-state index is 11.0. The highest BCUT2D eigenvalue weighted by Gasteiger charge is 2.13. The van der Waals surface area contributed by atoms with E-state index in [4.69, 9.17) is 10.8 Å². The summed E-state index contributed by atoms with van der Waals surface area (Å²) in [6.45, 7) is 3.68. The van der Waals surface area contributed by atoms with Crippen molar-refractivity contribution in [2.75, 3.05) is 0 Å². The molecule has 0 aliphatic rings. The summed E-state index contributed by atoms with van der Waals surface area (Å²) in [5.74, 6) is -1.23. The Balaban J connectivity index is 3.64. The molecule has 0 saturated heterocycles. The van der Waals surface area contributed by atoms with Gasteiger partial charge in [-0.05, 0) is 20.3 Å². The smallest absolute Gasteiger partial charge is 0.320 e. The largest absolute Gasteiger partial charge is 0.480 e. The molecule has 0 aromatic carbocycles. The normalized spacial score (nSPS) is 12.6. The second kappa shape index (κ2) is 5.53. The fraction of sp³-hybridized carbons (Fsp3) is 0.750. The van der Waals surface area contributed by atoms with Crippen molar-refractivity contribution in [3.63, 3.8) is 0 Å². The van der Waals surface area contributed by atoms with Crippen LogP contribution >= 0.6 is 0 Å². The Morgan fingerprint density at radius 3 is 2.38 bits per heavy atom. The van der Waals surface area contributed by atoms with E-state index in [9.17, 15) is 9.59 Å². The van der Waals surface area contributed by atoms with E-state index in [1.165, 1.54) is 0 Å². The van der Waals surface area contributed by atoms with Crippen molar-refractivity contribution in [1.82, 2.24) is 5.32 Å². The van der Waals surface area contributed by atoms with Crippen LogP contribution in [0, 0.1) is 0 Å². The molecule has 0 aromatic rings. The molecule has 0 radical (unpaired) electrons. The highest BCUT2D eigenvalue weighted by Crippen LogP contribution is 1.95. The second-order valence-electron chi connectivity index (χ2n) is 3.21. The van der Waals surface area contributed by atoms with Crippen molar-refractivity contribution in [1.29, 1.82) is 0 Å². The van der Waals surface area contributed by atoms with Crippen LogP contribution in [0.5, 0.6) is 0 Å². The molecule has 0 aliphatic carbocycles. The van der Waals surface area contributed by atoms with Gasteiger partial charge in [0.05, 0.1) is 0 Å². The molecule has 4 N–H and O–H groups in total. The molecule has 0 aliphatic heterocycles. The number of nitrogens with one attached hydrogen (secondary N) is 1. The van der Waals surface area contributed by atoms with E-state index in [2.05, 4.69) is 5.32 Å². The van der Waals surface area contributed by atoms with Gasteiger partial charge in [-0.2, -0.15) is 0 Å². The quantitative estimate of drug-likeness (QED) is 0.552. The average molecular weight is 188 g/mol. The summed E-state index contributed by atoms with van der Waals surface area (Å²) in [4.78, 5) is 21.3. The third-order valence-electron chi connectivity index (χ3n) is 1.45. The van der Waals surface area contributed by atoms with Crippen molar-refractivity contribution in [2.24, 2.45) is 5.73 Å². The summed E-state index contributed by atoms with van der Waals surface area (Å²) in [5, 5.41) is 11.1. The Hall–Kier alpha value is -1.10. The molecule has 0 fully saturated rings. The molecular weight excluding hydrogens is 172 g/mol. The number of aliphatic carboxylic acids is 1. The van der Waals surface area contributed by atoms with E-state index < -0.39 is 12.0 Å². The maximum atomic E-state index is 11.0. The summed E-state index contributed by atoms with van der Waals surface area (Å²) < 4.78 is 0. The highest BCUT2D eigenvalue weighted by molar-refractivity contribution is 5.78. The number of hydrogen-bond donors (Lipinski definition) is 3. The van der Waals surface area contributed by atoms with Crippen LogP contribution in [0.25, 0.3) is 0 Å². The van der Waals surface area contributed by atoms with Gasteiger partial charge < -0.3 is 16.2 Å². The van der Waals surface area contributed by atoms with Gasteiger partial charge in [0, 0.05) is 12.5 Å². The number of amides is 1. The molecule has 5 nitrogen and oxygen atoms in total. The van der Waals surface area contributed by atoms with Crippen molar-refractivity contribution >= 4 is 11.9 Å². The standard InChI is InChI=1S/C8H16N2O3/c1-5(2)10-7(11)4-3-6(9)8(12)13/h5-6H,3-4,9H2,1-2H3,(H,10,11)(H,12,13). The Morgan fingerprint density at radius 1 is 1.46 bits per heavy atom. The first-order valence-electron chi connectivity index (χ1n) is 4.21. The van der Waals surface area contributed by atoms with Gasteiger partial charge >= 0.3 is 5.97 Å². The average Bonchev–Trinajstić information content (AvgIpc) is 1.98. The van der Waals surface area contributed by atoms with Gasteiger partial charge in [0.2, 0.25) is 5.91 Å². The Labute approximate surface area is 77.3 Å². The summed E-state index contributed by atoms with van der Waals surface area (Å²) >= 11 is 0. The first-order chi connectivity index (χ1) is 5.93. The minimum Gasteiger partial charge on any atom is -0.480 e. The fourth-order valence-electron chi connectivity index (χ4n) is 0.804. The van der Waals surface area contributed by atoms with Gasteiger partial charge in [0.25, 0.3) is 0 Å². The molecular formula is C8H16N2O3. The number of hydrogen-bond acceptors (Lipinski definition) is 3. The van der Waals surface area contributed by atoms with E-state index in [0.717, 1.165) is 0 Å².